The van der Waals surface area contributed by atoms with Gasteiger partial charge in [0, 0.05) is 6.61 Å². The minimum Gasteiger partial charge on any atom is -0.480 e. The molecule has 18 heavy (non-hydrogen) atoms. The molecule has 0 spiro atoms. The number of carbonyl (C=O) groups excluding carboxylic acids is 1. The Labute approximate surface area is 107 Å². The number of rotatable bonds is 3. The average molecular weight is 255 g/mol. The third kappa shape index (κ3) is 2.66. The van der Waals surface area contributed by atoms with Crippen LogP contribution in [-0.4, -0.2) is 35.2 Å². The summed E-state index contributed by atoms with van der Waals surface area (Å²) in [4.78, 5) is 23.5. The van der Waals surface area contributed by atoms with Crippen molar-refractivity contribution in [3.63, 3.8) is 0 Å². The van der Waals surface area contributed by atoms with Crippen molar-refractivity contribution < 1.29 is 19.4 Å². The summed E-state index contributed by atoms with van der Waals surface area (Å²) >= 11 is 0. The fraction of sp³-hybridized carbons (Fsp3) is 0.846. The van der Waals surface area contributed by atoms with E-state index in [9.17, 15) is 14.7 Å². The zero-order valence-corrected chi connectivity index (χ0v) is 10.8. The van der Waals surface area contributed by atoms with Crippen LogP contribution >= 0.6 is 0 Å². The lowest BCUT2D eigenvalue weighted by atomic mass is 9.76. The first-order valence-corrected chi connectivity index (χ1v) is 6.70. The van der Waals surface area contributed by atoms with Gasteiger partial charge in [0.05, 0.1) is 0 Å². The van der Waals surface area contributed by atoms with Gasteiger partial charge >= 0.3 is 5.97 Å². The van der Waals surface area contributed by atoms with Crippen LogP contribution in [0, 0.1) is 5.92 Å². The summed E-state index contributed by atoms with van der Waals surface area (Å²) in [6, 6.07) is 0. The molecule has 1 aliphatic carbocycles. The van der Waals surface area contributed by atoms with Gasteiger partial charge < -0.3 is 15.2 Å². The molecule has 5 heteroatoms. The highest BCUT2D eigenvalue weighted by atomic mass is 16.5. The smallest absolute Gasteiger partial charge is 0.329 e. The lowest BCUT2D eigenvalue weighted by Crippen LogP contribution is -2.58. The van der Waals surface area contributed by atoms with E-state index < -0.39 is 17.6 Å². The Bertz CT molecular complexity index is 338. The number of aliphatic carboxylic acids is 1. The van der Waals surface area contributed by atoms with Crippen molar-refractivity contribution in [3.05, 3.63) is 0 Å². The van der Waals surface area contributed by atoms with Gasteiger partial charge in [0.2, 0.25) is 5.91 Å². The van der Waals surface area contributed by atoms with Crippen LogP contribution in [0.4, 0.5) is 0 Å². The summed E-state index contributed by atoms with van der Waals surface area (Å²) in [7, 11) is 0. The van der Waals surface area contributed by atoms with Crippen LogP contribution < -0.4 is 5.32 Å². The van der Waals surface area contributed by atoms with E-state index in [0.29, 0.717) is 31.8 Å². The van der Waals surface area contributed by atoms with Gasteiger partial charge in [0.15, 0.2) is 0 Å². The number of carbonyl (C=O) groups is 2. The van der Waals surface area contributed by atoms with Gasteiger partial charge in [-0.15, -0.1) is 0 Å². The largest absolute Gasteiger partial charge is 0.480 e. The van der Waals surface area contributed by atoms with Gasteiger partial charge in [-0.25, -0.2) is 4.79 Å². The maximum absolute atomic E-state index is 12.0. The fourth-order valence-electron chi connectivity index (χ4n) is 3.01. The summed E-state index contributed by atoms with van der Waals surface area (Å²) < 4.78 is 5.30. The average Bonchev–Trinajstić information content (AvgIpc) is 2.82. The summed E-state index contributed by atoms with van der Waals surface area (Å²) in [6.45, 7) is 2.63. The number of nitrogens with one attached hydrogen (secondary N) is 1. The van der Waals surface area contributed by atoms with Crippen LogP contribution in [0.2, 0.25) is 0 Å². The lowest BCUT2D eigenvalue weighted by Gasteiger charge is -2.37. The van der Waals surface area contributed by atoms with E-state index in [0.717, 1.165) is 19.3 Å². The van der Waals surface area contributed by atoms with Gasteiger partial charge in [0.25, 0.3) is 0 Å². The highest BCUT2D eigenvalue weighted by Gasteiger charge is 2.44. The van der Waals surface area contributed by atoms with Crippen molar-refractivity contribution in [2.24, 2.45) is 5.92 Å². The van der Waals surface area contributed by atoms with E-state index in [1.807, 2.05) is 6.92 Å². The first-order valence-electron chi connectivity index (χ1n) is 6.70. The first kappa shape index (κ1) is 13.3. The van der Waals surface area contributed by atoms with Crippen LogP contribution in [0.5, 0.6) is 0 Å². The van der Waals surface area contributed by atoms with Crippen molar-refractivity contribution in [1.29, 1.82) is 0 Å². The zero-order chi connectivity index (χ0) is 13.2. The Morgan fingerprint density at radius 2 is 2.11 bits per heavy atom. The first-order chi connectivity index (χ1) is 8.53. The van der Waals surface area contributed by atoms with E-state index >= 15 is 0 Å². The fourth-order valence-corrected chi connectivity index (χ4v) is 3.01. The number of ether oxygens (including phenoxy) is 1. The molecule has 3 atom stereocenters. The minimum atomic E-state index is -1.08. The normalized spacial score (nSPS) is 36.3. The van der Waals surface area contributed by atoms with Gasteiger partial charge in [-0.3, -0.25) is 4.79 Å². The zero-order valence-electron chi connectivity index (χ0n) is 10.8. The molecule has 2 fully saturated rings. The molecule has 102 valence electrons. The van der Waals surface area contributed by atoms with Crippen molar-refractivity contribution in [3.8, 4) is 0 Å². The Morgan fingerprint density at radius 1 is 1.33 bits per heavy atom. The van der Waals surface area contributed by atoms with E-state index in [1.54, 1.807) is 0 Å². The van der Waals surface area contributed by atoms with E-state index in [1.165, 1.54) is 0 Å². The summed E-state index contributed by atoms with van der Waals surface area (Å²) in [5, 5.41) is 12.2. The SMILES string of the molecule is CC1CCCC(NC(=O)[C@H]2CCCO2)(C(=O)O)C1. The van der Waals surface area contributed by atoms with Crippen LogP contribution in [0.25, 0.3) is 0 Å². The maximum atomic E-state index is 12.0. The number of carboxylic acids is 1. The van der Waals surface area contributed by atoms with Crippen LogP contribution in [-0.2, 0) is 14.3 Å². The lowest BCUT2D eigenvalue weighted by molar-refractivity contribution is -0.151. The van der Waals surface area contributed by atoms with E-state index in [4.69, 9.17) is 4.74 Å². The molecule has 1 amide bonds. The molecule has 2 unspecified atom stereocenters. The Hall–Kier alpha value is -1.10. The molecule has 2 rings (SSSR count). The van der Waals surface area contributed by atoms with Gasteiger partial charge in [-0.2, -0.15) is 0 Å². The molecule has 1 saturated carbocycles. The molecule has 0 aromatic carbocycles. The maximum Gasteiger partial charge on any atom is 0.329 e. The predicted octanol–water partition coefficient (Wildman–Crippen LogP) is 1.32. The standard InChI is InChI=1S/C13H21NO4/c1-9-4-2-6-13(8-9,12(16)17)14-11(15)10-5-3-7-18-10/h9-10H,2-8H2,1H3,(H,14,15)(H,16,17)/t9?,10-,13?/m1/s1. The molecule has 0 radical (unpaired) electrons. The van der Waals surface area contributed by atoms with E-state index in [2.05, 4.69) is 5.32 Å². The third-order valence-electron chi connectivity index (χ3n) is 3.99. The van der Waals surface area contributed by atoms with Crippen LogP contribution in [0.3, 0.4) is 0 Å². The van der Waals surface area contributed by atoms with Crippen molar-refractivity contribution in [1.82, 2.24) is 5.32 Å². The molecular formula is C13H21NO4. The Balaban J connectivity index is 2.05. The van der Waals surface area contributed by atoms with Crippen molar-refractivity contribution in [2.75, 3.05) is 6.61 Å². The topological polar surface area (TPSA) is 75.6 Å². The second-order valence-electron chi connectivity index (χ2n) is 5.58. The predicted molar refractivity (Wildman–Crippen MR) is 65.1 cm³/mol. The van der Waals surface area contributed by atoms with Crippen molar-refractivity contribution >= 4 is 11.9 Å². The molecule has 2 N–H and O–H groups in total. The molecule has 1 saturated heterocycles. The van der Waals surface area contributed by atoms with Gasteiger partial charge in [-0.05, 0) is 31.6 Å². The second kappa shape index (κ2) is 5.26. The molecule has 5 nitrogen and oxygen atoms in total. The molecule has 0 aromatic heterocycles. The van der Waals surface area contributed by atoms with Gasteiger partial charge in [-0.1, -0.05) is 19.8 Å². The van der Waals surface area contributed by atoms with Crippen LogP contribution in [0.1, 0.15) is 45.4 Å². The molecule has 0 aromatic rings. The molecular weight excluding hydrogens is 234 g/mol. The second-order valence-corrected chi connectivity index (χ2v) is 5.58. The van der Waals surface area contributed by atoms with Crippen molar-refractivity contribution in [2.45, 2.75) is 57.1 Å². The summed E-state index contributed by atoms with van der Waals surface area (Å²) in [5.74, 6) is -0.843. The highest BCUT2D eigenvalue weighted by molar-refractivity contribution is 5.89. The van der Waals surface area contributed by atoms with Gasteiger partial charge in [0.1, 0.15) is 11.6 Å². The number of hydrogen-bond acceptors (Lipinski definition) is 3. The highest BCUT2D eigenvalue weighted by Crippen LogP contribution is 2.33. The number of amides is 1. The quantitative estimate of drug-likeness (QED) is 0.797. The van der Waals surface area contributed by atoms with Crippen LogP contribution in [0.15, 0.2) is 0 Å². The minimum absolute atomic E-state index is 0.260. The Kier molecular flexibility index (Phi) is 3.90. The molecule has 2 aliphatic rings. The third-order valence-corrected chi connectivity index (χ3v) is 3.99. The molecule has 0 bridgehead atoms. The Morgan fingerprint density at radius 3 is 2.67 bits per heavy atom. The molecule has 1 aliphatic heterocycles. The molecule has 1 heterocycles. The monoisotopic (exact) mass is 255 g/mol. The summed E-state index contributed by atoms with van der Waals surface area (Å²) in [6.07, 6.45) is 4.01. The summed E-state index contributed by atoms with van der Waals surface area (Å²) in [5.41, 5.74) is -1.08. The van der Waals surface area contributed by atoms with E-state index in [-0.39, 0.29) is 5.91 Å². The number of hydrogen-bond donors (Lipinski definition) is 2. The number of carboxylic acid groups (broad SMARTS) is 1.